The molecule has 0 aliphatic heterocycles. The molecule has 0 aliphatic rings. The second-order valence-corrected chi connectivity index (χ2v) is 4.35. The Kier molecular flexibility index (Phi) is 3.84. The van der Waals surface area contributed by atoms with Gasteiger partial charge in [0.15, 0.2) is 0 Å². The summed E-state index contributed by atoms with van der Waals surface area (Å²) in [6, 6.07) is 3.37. The molecule has 118 valence electrons. The minimum absolute atomic E-state index is 0.292. The number of fused-ring (bicyclic) bond motifs is 1. The molecule has 0 unspecified atom stereocenters. The van der Waals surface area contributed by atoms with Gasteiger partial charge in [0.25, 0.3) is 0 Å². The molecule has 0 saturated heterocycles. The van der Waals surface area contributed by atoms with Crippen molar-refractivity contribution in [2.75, 3.05) is 0 Å². The number of nitrogens with zero attached hydrogens (tertiary/aromatic N) is 2. The predicted octanol–water partition coefficient (Wildman–Crippen LogP) is 5.05. The van der Waals surface area contributed by atoms with E-state index in [-0.39, 0.29) is 0 Å². The van der Waals surface area contributed by atoms with Crippen molar-refractivity contribution in [3.63, 3.8) is 0 Å². The number of rotatable bonds is 1. The summed E-state index contributed by atoms with van der Waals surface area (Å²) in [6.07, 6.45) is -9.73. The van der Waals surface area contributed by atoms with Crippen LogP contribution in [0.3, 0.4) is 0 Å². The summed E-state index contributed by atoms with van der Waals surface area (Å²) in [5, 5.41) is -0.501. The van der Waals surface area contributed by atoms with Crippen molar-refractivity contribution >= 4 is 22.3 Å². The van der Waals surface area contributed by atoms with Crippen LogP contribution in [0.2, 0.25) is 0 Å². The first-order valence-electron chi connectivity index (χ1n) is 5.79. The minimum Gasteiger partial charge on any atom is -0.248 e. The molecule has 0 spiro atoms. The van der Waals surface area contributed by atoms with Gasteiger partial charge in [0.2, 0.25) is 0 Å². The Morgan fingerprint density at radius 1 is 1.09 bits per heavy atom. The molecule has 0 bridgehead atoms. The van der Waals surface area contributed by atoms with E-state index in [0.717, 1.165) is 18.2 Å². The third-order valence-corrected chi connectivity index (χ3v) is 2.75. The molecular formula is C13H7F7N2. The van der Waals surface area contributed by atoms with Crippen LogP contribution in [0.15, 0.2) is 29.3 Å². The number of benzene rings is 1. The van der Waals surface area contributed by atoms with E-state index >= 15 is 0 Å². The van der Waals surface area contributed by atoms with E-state index in [1.807, 2.05) is 0 Å². The summed E-state index contributed by atoms with van der Waals surface area (Å²) in [5.74, 6) is -1.01. The molecule has 2 nitrogen and oxygen atoms in total. The van der Waals surface area contributed by atoms with Gasteiger partial charge >= 0.3 is 12.4 Å². The summed E-state index contributed by atoms with van der Waals surface area (Å²) in [5.41, 5.74) is -4.04. The van der Waals surface area contributed by atoms with E-state index in [0.29, 0.717) is 13.0 Å². The Labute approximate surface area is 119 Å². The molecule has 2 aromatic rings. The van der Waals surface area contributed by atoms with Crippen LogP contribution < -0.4 is 0 Å². The fraction of sp³-hybridized carbons (Fsp3) is 0.231. The first kappa shape index (κ1) is 16.2. The zero-order valence-corrected chi connectivity index (χ0v) is 10.8. The summed E-state index contributed by atoms with van der Waals surface area (Å²) in [7, 11) is 0. The Morgan fingerprint density at radius 2 is 1.73 bits per heavy atom. The van der Waals surface area contributed by atoms with E-state index in [2.05, 4.69) is 9.98 Å². The zero-order chi connectivity index (χ0) is 16.7. The predicted molar refractivity (Wildman–Crippen MR) is 65.5 cm³/mol. The van der Waals surface area contributed by atoms with Gasteiger partial charge in [0.1, 0.15) is 17.2 Å². The van der Waals surface area contributed by atoms with Crippen LogP contribution in [0.25, 0.3) is 10.9 Å². The number of halogens is 7. The van der Waals surface area contributed by atoms with Crippen molar-refractivity contribution in [1.29, 1.82) is 0 Å². The van der Waals surface area contributed by atoms with Crippen LogP contribution in [-0.4, -0.2) is 16.9 Å². The van der Waals surface area contributed by atoms with Gasteiger partial charge in [0, 0.05) is 0 Å². The highest BCUT2D eigenvalue weighted by Gasteiger charge is 2.35. The van der Waals surface area contributed by atoms with Crippen LogP contribution in [0.4, 0.5) is 36.4 Å². The van der Waals surface area contributed by atoms with Gasteiger partial charge in [-0.2, -0.15) is 26.3 Å². The van der Waals surface area contributed by atoms with Crippen molar-refractivity contribution in [2.45, 2.75) is 19.3 Å². The van der Waals surface area contributed by atoms with Crippen LogP contribution in [-0.2, 0) is 6.18 Å². The number of aromatic nitrogens is 1. The maximum atomic E-state index is 13.8. The Bertz CT molecular complexity index is 744. The van der Waals surface area contributed by atoms with E-state index in [4.69, 9.17) is 0 Å². The van der Waals surface area contributed by atoms with E-state index < -0.39 is 46.2 Å². The van der Waals surface area contributed by atoms with Crippen molar-refractivity contribution in [3.8, 4) is 0 Å². The Balaban J connectivity index is 2.80. The molecule has 2 rings (SSSR count). The van der Waals surface area contributed by atoms with Crippen LogP contribution in [0, 0.1) is 5.82 Å². The SMILES string of the molecule is CC(=Nc1cc(C(F)(F)F)nc2cccc(F)c12)C(F)(F)F. The lowest BCUT2D eigenvalue weighted by atomic mass is 10.1. The van der Waals surface area contributed by atoms with Gasteiger partial charge in [0.05, 0.1) is 16.6 Å². The average Bonchev–Trinajstić information content (AvgIpc) is 2.36. The highest BCUT2D eigenvalue weighted by molar-refractivity contribution is 5.96. The van der Waals surface area contributed by atoms with Crippen molar-refractivity contribution in [1.82, 2.24) is 4.98 Å². The second-order valence-electron chi connectivity index (χ2n) is 4.35. The lowest BCUT2D eigenvalue weighted by Crippen LogP contribution is -2.19. The first-order chi connectivity index (χ1) is 10.00. The molecule has 0 fully saturated rings. The van der Waals surface area contributed by atoms with Crippen LogP contribution in [0.5, 0.6) is 0 Å². The lowest BCUT2D eigenvalue weighted by molar-refractivity contribution is -0.140. The van der Waals surface area contributed by atoms with Crippen LogP contribution >= 0.6 is 0 Å². The smallest absolute Gasteiger partial charge is 0.248 e. The molecule has 1 aromatic heterocycles. The molecule has 1 heterocycles. The summed E-state index contributed by atoms with van der Waals surface area (Å²) in [6.45, 7) is 0.584. The molecule has 1 aromatic carbocycles. The van der Waals surface area contributed by atoms with Crippen molar-refractivity contribution < 1.29 is 30.7 Å². The van der Waals surface area contributed by atoms with E-state index in [1.54, 1.807) is 0 Å². The molecule has 0 N–H and O–H groups in total. The zero-order valence-electron chi connectivity index (χ0n) is 10.8. The monoisotopic (exact) mass is 324 g/mol. The first-order valence-corrected chi connectivity index (χ1v) is 5.79. The van der Waals surface area contributed by atoms with E-state index in [9.17, 15) is 30.7 Å². The molecular weight excluding hydrogens is 317 g/mol. The molecule has 9 heteroatoms. The van der Waals surface area contributed by atoms with Gasteiger partial charge in [-0.1, -0.05) is 6.07 Å². The Morgan fingerprint density at radius 3 is 2.27 bits per heavy atom. The quantitative estimate of drug-likeness (QED) is 0.532. The van der Waals surface area contributed by atoms with Crippen molar-refractivity contribution in [3.05, 3.63) is 35.8 Å². The second kappa shape index (κ2) is 5.22. The van der Waals surface area contributed by atoms with Crippen LogP contribution in [0.1, 0.15) is 12.6 Å². The molecule has 22 heavy (non-hydrogen) atoms. The summed E-state index contributed by atoms with van der Waals surface area (Å²) >= 11 is 0. The topological polar surface area (TPSA) is 25.2 Å². The van der Waals surface area contributed by atoms with Gasteiger partial charge < -0.3 is 0 Å². The van der Waals surface area contributed by atoms with Gasteiger partial charge in [-0.05, 0) is 25.1 Å². The highest BCUT2D eigenvalue weighted by atomic mass is 19.4. The van der Waals surface area contributed by atoms with E-state index in [1.165, 1.54) is 0 Å². The van der Waals surface area contributed by atoms with Gasteiger partial charge in [-0.15, -0.1) is 0 Å². The standard InChI is InChI=1S/C13H7F7N2/c1-6(12(15,16)17)21-9-5-10(13(18,19)20)22-8-4-2-3-7(14)11(8)9/h2-5H,1H3. The number of alkyl halides is 6. The maximum Gasteiger partial charge on any atom is 0.433 e. The third-order valence-electron chi connectivity index (χ3n) is 2.75. The minimum atomic E-state index is -4.89. The van der Waals surface area contributed by atoms with Gasteiger partial charge in [-0.3, -0.25) is 0 Å². The largest absolute Gasteiger partial charge is 0.433 e. The number of aliphatic imine (C=N–C) groups is 1. The number of pyridine rings is 1. The Hall–Kier alpha value is -2.19. The average molecular weight is 324 g/mol. The molecule has 0 atom stereocenters. The van der Waals surface area contributed by atoms with Gasteiger partial charge in [-0.25, -0.2) is 14.4 Å². The normalized spacial score (nSPS) is 13.7. The molecule has 0 aliphatic carbocycles. The fourth-order valence-electron chi connectivity index (χ4n) is 1.70. The fourth-order valence-corrected chi connectivity index (χ4v) is 1.70. The van der Waals surface area contributed by atoms with Crippen molar-refractivity contribution in [2.24, 2.45) is 4.99 Å². The maximum absolute atomic E-state index is 13.8. The highest BCUT2D eigenvalue weighted by Crippen LogP contribution is 2.36. The summed E-state index contributed by atoms with van der Waals surface area (Å²) < 4.78 is 89.5. The third kappa shape index (κ3) is 3.18. The molecule has 0 radical (unpaired) electrons. The lowest BCUT2D eigenvalue weighted by Gasteiger charge is -2.11. The number of hydrogen-bond acceptors (Lipinski definition) is 2. The molecule has 0 saturated carbocycles. The number of hydrogen-bond donors (Lipinski definition) is 0. The summed E-state index contributed by atoms with van der Waals surface area (Å²) in [4.78, 5) is 6.33. The molecule has 0 amide bonds.